The summed E-state index contributed by atoms with van der Waals surface area (Å²) < 4.78 is 5.51. The number of carbonyl (C=O) groups excluding carboxylic acids is 1. The van der Waals surface area contributed by atoms with Crippen LogP contribution in [0.1, 0.15) is 67.6 Å². The zero-order chi connectivity index (χ0) is 20.5. The van der Waals surface area contributed by atoms with Gasteiger partial charge < -0.3 is 9.84 Å². The molecule has 3 rings (SSSR count). The lowest BCUT2D eigenvalue weighted by Crippen LogP contribution is -2.33. The van der Waals surface area contributed by atoms with Crippen molar-refractivity contribution in [1.29, 1.82) is 0 Å². The van der Waals surface area contributed by atoms with Crippen molar-refractivity contribution in [2.45, 2.75) is 51.4 Å². The summed E-state index contributed by atoms with van der Waals surface area (Å²) >= 11 is 0. The normalized spacial score (nSPS) is 17.1. The Hall–Kier alpha value is -2.88. The number of ether oxygens (including phenoxy) is 1. The van der Waals surface area contributed by atoms with Gasteiger partial charge in [0.15, 0.2) is 0 Å². The van der Waals surface area contributed by atoms with Crippen molar-refractivity contribution >= 4 is 18.0 Å². The van der Waals surface area contributed by atoms with Crippen molar-refractivity contribution in [3.8, 4) is 5.75 Å². The highest BCUT2D eigenvalue weighted by atomic mass is 16.5. The summed E-state index contributed by atoms with van der Waals surface area (Å²) in [5.41, 5.74) is 3.67. The standard InChI is InChI=1S/C24H26O4/c1-23(2)13-14-24(3,4)20-15-18(10-11-19(20)23)28-21(25)12-7-16-5-8-17(9-6-16)22(26)27/h5-12,15H,13-14H2,1-4H3,(H,26,27)/b12-7+. The highest BCUT2D eigenvalue weighted by Crippen LogP contribution is 2.46. The lowest BCUT2D eigenvalue weighted by atomic mass is 9.63. The van der Waals surface area contributed by atoms with Crippen LogP contribution >= 0.6 is 0 Å². The maximum atomic E-state index is 12.2. The molecular formula is C24H26O4. The largest absolute Gasteiger partial charge is 0.478 e. The van der Waals surface area contributed by atoms with E-state index in [2.05, 4.69) is 33.8 Å². The Kier molecular flexibility index (Phi) is 5.16. The minimum absolute atomic E-state index is 0.0506. The predicted octanol–water partition coefficient (Wildman–Crippen LogP) is 5.35. The Morgan fingerprint density at radius 1 is 0.929 bits per heavy atom. The van der Waals surface area contributed by atoms with Crippen LogP contribution in [-0.4, -0.2) is 17.0 Å². The van der Waals surface area contributed by atoms with E-state index >= 15 is 0 Å². The third-order valence-corrected chi connectivity index (χ3v) is 5.61. The predicted molar refractivity (Wildman–Crippen MR) is 110 cm³/mol. The molecular weight excluding hydrogens is 352 g/mol. The van der Waals surface area contributed by atoms with Crippen LogP contribution in [0.15, 0.2) is 48.5 Å². The zero-order valence-corrected chi connectivity index (χ0v) is 16.8. The molecule has 0 spiro atoms. The summed E-state index contributed by atoms with van der Waals surface area (Å²) in [5, 5.41) is 8.92. The molecule has 0 saturated heterocycles. The monoisotopic (exact) mass is 378 g/mol. The van der Waals surface area contributed by atoms with Crippen LogP contribution in [-0.2, 0) is 15.6 Å². The molecule has 0 bridgehead atoms. The van der Waals surface area contributed by atoms with Crippen LogP contribution in [0.4, 0.5) is 0 Å². The molecule has 28 heavy (non-hydrogen) atoms. The molecule has 0 amide bonds. The fraction of sp³-hybridized carbons (Fsp3) is 0.333. The summed E-state index contributed by atoms with van der Waals surface area (Å²) in [6.07, 6.45) is 5.19. The molecule has 0 radical (unpaired) electrons. The molecule has 0 atom stereocenters. The van der Waals surface area contributed by atoms with Crippen molar-refractivity contribution < 1.29 is 19.4 Å². The molecule has 0 unspecified atom stereocenters. The summed E-state index contributed by atoms with van der Waals surface area (Å²) in [5.74, 6) is -0.899. The summed E-state index contributed by atoms with van der Waals surface area (Å²) in [6, 6.07) is 12.2. The number of fused-ring (bicyclic) bond motifs is 1. The van der Waals surface area contributed by atoms with Gasteiger partial charge in [0.05, 0.1) is 5.56 Å². The Morgan fingerprint density at radius 3 is 2.14 bits per heavy atom. The lowest BCUT2D eigenvalue weighted by molar-refractivity contribution is -0.128. The number of carboxylic acids is 1. The summed E-state index contributed by atoms with van der Waals surface area (Å²) in [4.78, 5) is 23.1. The van der Waals surface area contributed by atoms with Gasteiger partial charge in [-0.15, -0.1) is 0 Å². The van der Waals surface area contributed by atoms with Crippen molar-refractivity contribution in [2.24, 2.45) is 0 Å². The van der Waals surface area contributed by atoms with Gasteiger partial charge in [-0.2, -0.15) is 0 Å². The second-order valence-electron chi connectivity index (χ2n) is 8.66. The molecule has 146 valence electrons. The van der Waals surface area contributed by atoms with Gasteiger partial charge in [0.25, 0.3) is 0 Å². The summed E-state index contributed by atoms with van der Waals surface area (Å²) in [6.45, 7) is 8.97. The van der Waals surface area contributed by atoms with Gasteiger partial charge in [-0.25, -0.2) is 9.59 Å². The Balaban J connectivity index is 1.75. The summed E-state index contributed by atoms with van der Waals surface area (Å²) in [7, 11) is 0. The topological polar surface area (TPSA) is 63.6 Å². The second kappa shape index (κ2) is 7.27. The number of aromatic carboxylic acids is 1. The average molecular weight is 378 g/mol. The first-order chi connectivity index (χ1) is 13.1. The van der Waals surface area contributed by atoms with Crippen molar-refractivity contribution in [2.75, 3.05) is 0 Å². The van der Waals surface area contributed by atoms with E-state index in [1.807, 2.05) is 12.1 Å². The number of carboxylic acid groups (broad SMARTS) is 1. The first kappa shape index (κ1) is 19.9. The maximum Gasteiger partial charge on any atom is 0.336 e. The lowest BCUT2D eigenvalue weighted by Gasteiger charge is -2.41. The molecule has 0 heterocycles. The van der Waals surface area contributed by atoms with E-state index in [0.717, 1.165) is 18.4 Å². The van der Waals surface area contributed by atoms with E-state index < -0.39 is 11.9 Å². The fourth-order valence-corrected chi connectivity index (χ4v) is 3.68. The van der Waals surface area contributed by atoms with Gasteiger partial charge in [0.1, 0.15) is 5.75 Å². The Morgan fingerprint density at radius 2 is 1.54 bits per heavy atom. The highest BCUT2D eigenvalue weighted by molar-refractivity contribution is 5.90. The number of hydrogen-bond donors (Lipinski definition) is 1. The van der Waals surface area contributed by atoms with Gasteiger partial charge in [0.2, 0.25) is 0 Å². The first-order valence-corrected chi connectivity index (χ1v) is 9.47. The van der Waals surface area contributed by atoms with Gasteiger partial charge in [0, 0.05) is 6.08 Å². The number of hydrogen-bond acceptors (Lipinski definition) is 3. The van der Waals surface area contributed by atoms with Crippen LogP contribution in [0.3, 0.4) is 0 Å². The Bertz CT molecular complexity index is 934. The highest BCUT2D eigenvalue weighted by Gasteiger charge is 2.37. The molecule has 2 aromatic rings. The molecule has 4 heteroatoms. The molecule has 1 aliphatic carbocycles. The zero-order valence-electron chi connectivity index (χ0n) is 16.8. The number of carbonyl (C=O) groups is 2. The molecule has 1 aliphatic rings. The number of rotatable bonds is 4. The quantitative estimate of drug-likeness (QED) is 0.442. The van der Waals surface area contributed by atoms with Gasteiger partial charge in [-0.3, -0.25) is 0 Å². The van der Waals surface area contributed by atoms with E-state index in [-0.39, 0.29) is 16.4 Å². The van der Waals surface area contributed by atoms with Crippen LogP contribution in [0.2, 0.25) is 0 Å². The smallest absolute Gasteiger partial charge is 0.336 e. The van der Waals surface area contributed by atoms with Gasteiger partial charge in [-0.1, -0.05) is 45.9 Å². The minimum Gasteiger partial charge on any atom is -0.478 e. The fourth-order valence-electron chi connectivity index (χ4n) is 3.68. The van der Waals surface area contributed by atoms with Crippen molar-refractivity contribution in [1.82, 2.24) is 0 Å². The molecule has 4 nitrogen and oxygen atoms in total. The molecule has 2 aromatic carbocycles. The third-order valence-electron chi connectivity index (χ3n) is 5.61. The van der Waals surface area contributed by atoms with Crippen LogP contribution < -0.4 is 4.74 Å². The maximum absolute atomic E-state index is 12.2. The van der Waals surface area contributed by atoms with E-state index in [1.54, 1.807) is 18.2 Å². The van der Waals surface area contributed by atoms with Crippen LogP contribution in [0.25, 0.3) is 6.08 Å². The number of benzene rings is 2. The van der Waals surface area contributed by atoms with Gasteiger partial charge in [-0.05, 0) is 70.7 Å². The molecule has 0 fully saturated rings. The van der Waals surface area contributed by atoms with E-state index in [4.69, 9.17) is 9.84 Å². The molecule has 0 aromatic heterocycles. The van der Waals surface area contributed by atoms with E-state index in [9.17, 15) is 9.59 Å². The Labute approximate surface area is 165 Å². The minimum atomic E-state index is -0.978. The average Bonchev–Trinajstić information content (AvgIpc) is 2.64. The van der Waals surface area contributed by atoms with E-state index in [0.29, 0.717) is 5.75 Å². The number of esters is 1. The van der Waals surface area contributed by atoms with Crippen molar-refractivity contribution in [3.05, 3.63) is 70.8 Å². The third kappa shape index (κ3) is 4.16. The molecule has 0 saturated carbocycles. The van der Waals surface area contributed by atoms with E-state index in [1.165, 1.54) is 29.3 Å². The van der Waals surface area contributed by atoms with Crippen molar-refractivity contribution in [3.63, 3.8) is 0 Å². The van der Waals surface area contributed by atoms with Crippen LogP contribution in [0.5, 0.6) is 5.75 Å². The molecule has 1 N–H and O–H groups in total. The van der Waals surface area contributed by atoms with Gasteiger partial charge >= 0.3 is 11.9 Å². The van der Waals surface area contributed by atoms with Crippen LogP contribution in [0, 0.1) is 0 Å². The second-order valence-corrected chi connectivity index (χ2v) is 8.66. The first-order valence-electron chi connectivity index (χ1n) is 9.47. The molecule has 0 aliphatic heterocycles. The SMILES string of the molecule is CC1(C)CCC(C)(C)c2cc(OC(=O)/C=C/c3ccc(C(=O)O)cc3)ccc21.